The van der Waals surface area contributed by atoms with Gasteiger partial charge in [0.05, 0.1) is 0 Å². The Morgan fingerprint density at radius 2 is 1.30 bits per heavy atom. The third kappa shape index (κ3) is 2.93. The zero-order valence-corrected chi connectivity index (χ0v) is 9.17. The molecule has 0 unspecified atom stereocenters. The number of nitrogens with zero attached hydrogens (tertiary/aromatic N) is 1. The van der Waals surface area contributed by atoms with Crippen LogP contribution in [0.1, 0.15) is 20.8 Å². The molecule has 0 bridgehead atoms. The molecular formula is C8H21NS. The summed E-state index contributed by atoms with van der Waals surface area (Å²) in [6.45, 7) is 6.77. The maximum Gasteiger partial charge on any atom is 0.0210 e. The Morgan fingerprint density at radius 1 is 1.00 bits per heavy atom. The summed E-state index contributed by atoms with van der Waals surface area (Å²) < 4.78 is 2.46. The zero-order chi connectivity index (χ0) is 8.58. The van der Waals surface area contributed by atoms with Gasteiger partial charge in [0.15, 0.2) is 0 Å². The smallest absolute Gasteiger partial charge is 0.0210 e. The minimum absolute atomic E-state index is 0.313. The maximum absolute atomic E-state index is 2.46. The Morgan fingerprint density at radius 3 is 1.30 bits per heavy atom. The molecule has 0 aromatic carbocycles. The van der Waals surface area contributed by atoms with Crippen LogP contribution >= 0.6 is 10.2 Å². The molecule has 0 saturated carbocycles. The average Bonchev–Trinajstić information content (AvgIpc) is 1.59. The van der Waals surface area contributed by atoms with Gasteiger partial charge in [-0.3, -0.25) is 4.31 Å². The fourth-order valence-electron chi connectivity index (χ4n) is 0.822. The lowest BCUT2D eigenvalue weighted by molar-refractivity contribution is 0.313. The molecule has 0 radical (unpaired) electrons. The largest absolute Gasteiger partial charge is 0.266 e. The average molecular weight is 163 g/mol. The van der Waals surface area contributed by atoms with Crippen LogP contribution in [0.5, 0.6) is 0 Å². The van der Waals surface area contributed by atoms with E-state index in [0.29, 0.717) is 5.54 Å². The summed E-state index contributed by atoms with van der Waals surface area (Å²) in [6, 6.07) is 0. The number of hydrogen-bond acceptors (Lipinski definition) is 1. The highest BCUT2D eigenvalue weighted by Gasteiger charge is 2.23. The first-order valence-corrected chi connectivity index (χ1v) is 6.39. The fraction of sp³-hybridized carbons (Fsp3) is 1.00. The van der Waals surface area contributed by atoms with E-state index in [1.165, 1.54) is 0 Å². The first-order chi connectivity index (χ1) is 4.15. The SMILES string of the molecule is CN(C(C)(C)C)S(C)(C)C. The summed E-state index contributed by atoms with van der Waals surface area (Å²) in [5, 5.41) is 0. The molecular weight excluding hydrogens is 142 g/mol. The first-order valence-electron chi connectivity index (χ1n) is 3.58. The van der Waals surface area contributed by atoms with Crippen LogP contribution in [0.2, 0.25) is 0 Å². The van der Waals surface area contributed by atoms with E-state index in [2.05, 4.69) is 50.9 Å². The quantitative estimate of drug-likeness (QED) is 0.573. The van der Waals surface area contributed by atoms with E-state index in [0.717, 1.165) is 0 Å². The Kier molecular flexibility index (Phi) is 2.83. The van der Waals surface area contributed by atoms with E-state index < -0.39 is 10.2 Å². The Bertz CT molecular complexity index is 93.4. The van der Waals surface area contributed by atoms with Crippen molar-refractivity contribution in [1.29, 1.82) is 0 Å². The van der Waals surface area contributed by atoms with Gasteiger partial charge in [-0.15, -0.1) is 0 Å². The molecule has 0 rings (SSSR count). The molecule has 0 spiro atoms. The highest BCUT2D eigenvalue weighted by Crippen LogP contribution is 2.42. The molecule has 10 heavy (non-hydrogen) atoms. The molecule has 2 heteroatoms. The van der Waals surface area contributed by atoms with Crippen molar-refractivity contribution in [2.75, 3.05) is 25.8 Å². The summed E-state index contributed by atoms with van der Waals surface area (Å²) in [5.74, 6) is 0. The van der Waals surface area contributed by atoms with E-state index in [1.807, 2.05) is 0 Å². The topological polar surface area (TPSA) is 3.24 Å². The highest BCUT2D eigenvalue weighted by atomic mass is 32.3. The van der Waals surface area contributed by atoms with Crippen molar-refractivity contribution in [3.63, 3.8) is 0 Å². The fourth-order valence-corrected chi connectivity index (χ4v) is 2.46. The van der Waals surface area contributed by atoms with Crippen LogP contribution in [0, 0.1) is 0 Å². The molecule has 0 fully saturated rings. The van der Waals surface area contributed by atoms with Crippen molar-refractivity contribution in [2.24, 2.45) is 0 Å². The Labute approximate surface area is 67.2 Å². The molecule has 0 amide bonds. The van der Waals surface area contributed by atoms with E-state index in [-0.39, 0.29) is 0 Å². The van der Waals surface area contributed by atoms with Crippen molar-refractivity contribution >= 4 is 10.2 Å². The van der Waals surface area contributed by atoms with Gasteiger partial charge < -0.3 is 0 Å². The van der Waals surface area contributed by atoms with E-state index in [1.54, 1.807) is 0 Å². The molecule has 0 aliphatic carbocycles. The zero-order valence-electron chi connectivity index (χ0n) is 8.36. The second-order valence-electron chi connectivity index (χ2n) is 4.44. The van der Waals surface area contributed by atoms with Crippen LogP contribution in [0.25, 0.3) is 0 Å². The lowest BCUT2D eigenvalue weighted by atomic mass is 10.1. The van der Waals surface area contributed by atoms with Crippen LogP contribution in [-0.2, 0) is 0 Å². The Hall–Kier alpha value is 0.310. The molecule has 0 aromatic heterocycles. The molecule has 0 saturated heterocycles. The van der Waals surface area contributed by atoms with Gasteiger partial charge in [0.2, 0.25) is 0 Å². The third-order valence-electron chi connectivity index (χ3n) is 1.77. The molecule has 0 atom stereocenters. The minimum atomic E-state index is -0.527. The molecule has 0 N–H and O–H groups in total. The molecule has 0 aliphatic rings. The molecule has 1 nitrogen and oxygen atoms in total. The summed E-state index contributed by atoms with van der Waals surface area (Å²) in [5.41, 5.74) is 0.313. The highest BCUT2D eigenvalue weighted by molar-refractivity contribution is 8.30. The standard InChI is InChI=1S/C8H21NS/c1-8(2,3)9(4)10(5,6)7/h1-7H3. The van der Waals surface area contributed by atoms with Crippen molar-refractivity contribution in [3.05, 3.63) is 0 Å². The van der Waals surface area contributed by atoms with Crippen molar-refractivity contribution in [1.82, 2.24) is 4.31 Å². The van der Waals surface area contributed by atoms with E-state index in [4.69, 9.17) is 0 Å². The second kappa shape index (κ2) is 2.74. The summed E-state index contributed by atoms with van der Waals surface area (Å²) in [6.07, 6.45) is 6.95. The second-order valence-corrected chi connectivity index (χ2v) is 8.53. The van der Waals surface area contributed by atoms with E-state index in [9.17, 15) is 0 Å². The normalized spacial score (nSPS) is 16.0. The molecule has 64 valence electrons. The van der Waals surface area contributed by atoms with Crippen LogP contribution in [-0.4, -0.2) is 35.7 Å². The van der Waals surface area contributed by atoms with Gasteiger partial charge in [0.1, 0.15) is 0 Å². The van der Waals surface area contributed by atoms with Crippen molar-refractivity contribution < 1.29 is 0 Å². The first kappa shape index (κ1) is 10.3. The summed E-state index contributed by atoms with van der Waals surface area (Å²) >= 11 is 0. The molecule has 0 heterocycles. The van der Waals surface area contributed by atoms with Gasteiger partial charge in [-0.1, -0.05) is 0 Å². The summed E-state index contributed by atoms with van der Waals surface area (Å²) in [4.78, 5) is 0. The summed E-state index contributed by atoms with van der Waals surface area (Å²) in [7, 11) is 1.68. The van der Waals surface area contributed by atoms with Crippen LogP contribution < -0.4 is 0 Å². The predicted molar refractivity (Wildman–Crippen MR) is 52.9 cm³/mol. The number of rotatable bonds is 1. The van der Waals surface area contributed by atoms with Gasteiger partial charge in [0, 0.05) is 5.54 Å². The number of hydrogen-bond donors (Lipinski definition) is 0. The van der Waals surface area contributed by atoms with Crippen LogP contribution in [0.3, 0.4) is 0 Å². The minimum Gasteiger partial charge on any atom is -0.266 e. The van der Waals surface area contributed by atoms with Gasteiger partial charge in [-0.25, -0.2) is 0 Å². The van der Waals surface area contributed by atoms with Gasteiger partial charge >= 0.3 is 0 Å². The van der Waals surface area contributed by atoms with Crippen molar-refractivity contribution in [3.8, 4) is 0 Å². The van der Waals surface area contributed by atoms with Gasteiger partial charge in [0.25, 0.3) is 0 Å². The molecule has 0 aliphatic heterocycles. The predicted octanol–water partition coefficient (Wildman–Crippen LogP) is 2.33. The monoisotopic (exact) mass is 163 g/mol. The van der Waals surface area contributed by atoms with E-state index >= 15 is 0 Å². The van der Waals surface area contributed by atoms with Crippen LogP contribution in [0.4, 0.5) is 0 Å². The third-order valence-corrected chi connectivity index (χ3v) is 3.96. The Balaban J connectivity index is 4.23. The van der Waals surface area contributed by atoms with Crippen molar-refractivity contribution in [2.45, 2.75) is 26.3 Å². The lowest BCUT2D eigenvalue weighted by Gasteiger charge is -2.46. The van der Waals surface area contributed by atoms with Crippen LogP contribution in [0.15, 0.2) is 0 Å². The van der Waals surface area contributed by atoms with Gasteiger partial charge in [-0.05, 0) is 46.6 Å². The van der Waals surface area contributed by atoms with Gasteiger partial charge in [-0.2, -0.15) is 10.2 Å². The maximum atomic E-state index is 2.46. The molecule has 0 aromatic rings. The lowest BCUT2D eigenvalue weighted by Crippen LogP contribution is -2.38.